The Kier molecular flexibility index (Phi) is 9.39. The maximum Gasteiger partial charge on any atom is 0.251 e. The smallest absolute Gasteiger partial charge is 0.251 e. The lowest BCUT2D eigenvalue weighted by molar-refractivity contribution is 0.0954. The maximum absolute atomic E-state index is 13.0. The number of ether oxygens (including phenoxy) is 1. The molecule has 1 aliphatic heterocycles. The number of amides is 1. The van der Waals surface area contributed by atoms with Gasteiger partial charge in [0.05, 0.1) is 12.0 Å². The molecule has 11 heteroatoms. The monoisotopic (exact) mass is 571 g/mol. The molecule has 0 bridgehead atoms. The SMILES string of the molecule is COc1ccc(C(=O)NCCc2ccc(S(=O)(=O)N3CCCC3)cc2)cc1S(=O)(=O)NCCc1ccccc1. The summed E-state index contributed by atoms with van der Waals surface area (Å²) < 4.78 is 60.7. The Bertz CT molecular complexity index is 1490. The average Bonchev–Trinajstić information content (AvgIpc) is 3.50. The molecular weight excluding hydrogens is 538 g/mol. The summed E-state index contributed by atoms with van der Waals surface area (Å²) in [7, 11) is -6.02. The van der Waals surface area contributed by atoms with Gasteiger partial charge < -0.3 is 10.1 Å². The van der Waals surface area contributed by atoms with Crippen molar-refractivity contribution in [2.45, 2.75) is 35.5 Å². The maximum atomic E-state index is 13.0. The summed E-state index contributed by atoms with van der Waals surface area (Å²) in [6.45, 7) is 1.59. The van der Waals surface area contributed by atoms with E-state index in [1.807, 2.05) is 30.3 Å². The van der Waals surface area contributed by atoms with Crippen molar-refractivity contribution in [3.63, 3.8) is 0 Å². The lowest BCUT2D eigenvalue weighted by Gasteiger charge is -2.15. The molecule has 1 heterocycles. The third kappa shape index (κ3) is 7.24. The van der Waals surface area contributed by atoms with E-state index in [1.165, 1.54) is 29.6 Å². The van der Waals surface area contributed by atoms with Crippen LogP contribution in [0.3, 0.4) is 0 Å². The summed E-state index contributed by atoms with van der Waals surface area (Å²) in [5.74, 6) is -0.283. The number of carbonyl (C=O) groups is 1. The number of benzene rings is 3. The van der Waals surface area contributed by atoms with Crippen molar-refractivity contribution in [3.05, 3.63) is 89.5 Å². The Labute approximate surface area is 230 Å². The largest absolute Gasteiger partial charge is 0.495 e. The highest BCUT2D eigenvalue weighted by molar-refractivity contribution is 7.89. The van der Waals surface area contributed by atoms with Gasteiger partial charge in [-0.05, 0) is 67.1 Å². The zero-order valence-corrected chi connectivity index (χ0v) is 23.4. The summed E-state index contributed by atoms with van der Waals surface area (Å²) in [6.07, 6.45) is 2.76. The van der Waals surface area contributed by atoms with Gasteiger partial charge in [-0.1, -0.05) is 42.5 Å². The first-order valence-electron chi connectivity index (χ1n) is 12.8. The number of nitrogens with one attached hydrogen (secondary N) is 2. The minimum absolute atomic E-state index is 0.111. The van der Waals surface area contributed by atoms with E-state index in [0.29, 0.717) is 32.5 Å². The molecule has 1 fully saturated rings. The van der Waals surface area contributed by atoms with Crippen molar-refractivity contribution >= 4 is 26.0 Å². The first-order chi connectivity index (χ1) is 18.7. The predicted molar refractivity (Wildman–Crippen MR) is 149 cm³/mol. The number of hydrogen-bond acceptors (Lipinski definition) is 6. The highest BCUT2D eigenvalue weighted by Gasteiger charge is 2.27. The van der Waals surface area contributed by atoms with Gasteiger partial charge in [-0.2, -0.15) is 4.31 Å². The van der Waals surface area contributed by atoms with Crippen LogP contribution in [0.5, 0.6) is 5.75 Å². The van der Waals surface area contributed by atoms with E-state index in [-0.39, 0.29) is 27.6 Å². The minimum atomic E-state index is -3.92. The van der Waals surface area contributed by atoms with Crippen LogP contribution in [0.1, 0.15) is 34.3 Å². The normalized spacial score (nSPS) is 14.3. The molecule has 39 heavy (non-hydrogen) atoms. The van der Waals surface area contributed by atoms with E-state index in [9.17, 15) is 21.6 Å². The zero-order valence-electron chi connectivity index (χ0n) is 21.8. The molecule has 3 aromatic carbocycles. The van der Waals surface area contributed by atoms with Crippen LogP contribution >= 0.6 is 0 Å². The zero-order chi connectivity index (χ0) is 27.9. The Morgan fingerprint density at radius 3 is 2.15 bits per heavy atom. The summed E-state index contributed by atoms with van der Waals surface area (Å²) in [5, 5.41) is 2.80. The summed E-state index contributed by atoms with van der Waals surface area (Å²) >= 11 is 0. The topological polar surface area (TPSA) is 122 Å². The van der Waals surface area contributed by atoms with Gasteiger partial charge in [0.15, 0.2) is 0 Å². The molecule has 0 unspecified atom stereocenters. The molecule has 1 aliphatic rings. The molecular formula is C28H33N3O6S2. The van der Waals surface area contributed by atoms with Crippen molar-refractivity contribution < 1.29 is 26.4 Å². The van der Waals surface area contributed by atoms with Crippen LogP contribution in [0, 0.1) is 0 Å². The number of methoxy groups -OCH3 is 1. The van der Waals surface area contributed by atoms with Crippen LogP contribution in [0.2, 0.25) is 0 Å². The number of rotatable bonds is 12. The Hall–Kier alpha value is -3.25. The van der Waals surface area contributed by atoms with Gasteiger partial charge in [-0.25, -0.2) is 21.6 Å². The second-order valence-corrected chi connectivity index (χ2v) is 12.9. The molecule has 2 N–H and O–H groups in total. The molecule has 0 atom stereocenters. The van der Waals surface area contributed by atoms with Gasteiger partial charge in [-0.15, -0.1) is 0 Å². The van der Waals surface area contributed by atoms with E-state index in [0.717, 1.165) is 24.0 Å². The van der Waals surface area contributed by atoms with E-state index in [2.05, 4.69) is 10.0 Å². The molecule has 9 nitrogen and oxygen atoms in total. The summed E-state index contributed by atoms with van der Waals surface area (Å²) in [5.41, 5.74) is 2.06. The second kappa shape index (κ2) is 12.7. The number of hydrogen-bond donors (Lipinski definition) is 2. The van der Waals surface area contributed by atoms with Crippen molar-refractivity contribution in [2.24, 2.45) is 0 Å². The highest BCUT2D eigenvalue weighted by atomic mass is 32.2. The van der Waals surface area contributed by atoms with Gasteiger partial charge in [0.2, 0.25) is 20.0 Å². The fraction of sp³-hybridized carbons (Fsp3) is 0.321. The molecule has 1 amide bonds. The van der Waals surface area contributed by atoms with Crippen molar-refractivity contribution in [2.75, 3.05) is 33.3 Å². The molecule has 1 saturated heterocycles. The molecule has 208 valence electrons. The van der Waals surface area contributed by atoms with Crippen molar-refractivity contribution in [3.8, 4) is 5.75 Å². The average molecular weight is 572 g/mol. The van der Waals surface area contributed by atoms with Crippen molar-refractivity contribution in [1.29, 1.82) is 0 Å². The Morgan fingerprint density at radius 1 is 0.846 bits per heavy atom. The highest BCUT2D eigenvalue weighted by Crippen LogP contribution is 2.25. The summed E-state index contributed by atoms with van der Waals surface area (Å²) in [6, 6.07) is 20.5. The Balaban J connectivity index is 1.35. The van der Waals surface area contributed by atoms with Gasteiger partial charge in [0, 0.05) is 31.7 Å². The van der Waals surface area contributed by atoms with Gasteiger partial charge >= 0.3 is 0 Å². The molecule has 0 aromatic heterocycles. The first-order valence-corrected chi connectivity index (χ1v) is 15.7. The summed E-state index contributed by atoms with van der Waals surface area (Å²) in [4.78, 5) is 12.9. The molecule has 0 saturated carbocycles. The van der Waals surface area contributed by atoms with Gasteiger partial charge in [0.1, 0.15) is 10.6 Å². The van der Waals surface area contributed by atoms with Crippen LogP contribution in [0.15, 0.2) is 82.6 Å². The first kappa shape index (κ1) is 28.8. The van der Waals surface area contributed by atoms with Crippen LogP contribution < -0.4 is 14.8 Å². The second-order valence-electron chi connectivity index (χ2n) is 9.26. The lowest BCUT2D eigenvalue weighted by Crippen LogP contribution is -2.28. The van der Waals surface area contributed by atoms with Crippen molar-refractivity contribution in [1.82, 2.24) is 14.3 Å². The van der Waals surface area contributed by atoms with Crippen LogP contribution in [0.4, 0.5) is 0 Å². The minimum Gasteiger partial charge on any atom is -0.495 e. The third-order valence-electron chi connectivity index (χ3n) is 6.59. The lowest BCUT2D eigenvalue weighted by atomic mass is 10.1. The molecule has 3 aromatic rings. The quantitative estimate of drug-likeness (QED) is 0.345. The number of sulfonamides is 2. The molecule has 0 radical (unpaired) electrons. The van der Waals surface area contributed by atoms with Crippen LogP contribution in [0.25, 0.3) is 0 Å². The van der Waals surface area contributed by atoms with E-state index >= 15 is 0 Å². The standard InChI is InChI=1S/C28H33N3O6S2/c1-37-26-14-11-24(21-27(26)38(33,34)30-18-16-22-7-3-2-4-8-22)28(32)29-17-15-23-9-12-25(13-10-23)39(35,36)31-19-5-6-20-31/h2-4,7-14,21,30H,5-6,15-20H2,1H3,(H,29,32). The van der Waals surface area contributed by atoms with Gasteiger partial charge in [-0.3, -0.25) is 4.79 Å². The fourth-order valence-corrected chi connectivity index (χ4v) is 7.15. The Morgan fingerprint density at radius 2 is 1.49 bits per heavy atom. The van der Waals surface area contributed by atoms with E-state index < -0.39 is 26.0 Å². The number of nitrogens with zero attached hydrogens (tertiary/aromatic N) is 1. The van der Waals surface area contributed by atoms with E-state index in [1.54, 1.807) is 24.3 Å². The van der Waals surface area contributed by atoms with E-state index in [4.69, 9.17) is 4.74 Å². The molecule has 4 rings (SSSR count). The predicted octanol–water partition coefficient (Wildman–Crippen LogP) is 2.97. The van der Waals surface area contributed by atoms with Crippen LogP contribution in [-0.4, -0.2) is 60.3 Å². The fourth-order valence-electron chi connectivity index (χ4n) is 4.41. The molecule has 0 aliphatic carbocycles. The van der Waals surface area contributed by atoms with Gasteiger partial charge in [0.25, 0.3) is 5.91 Å². The number of carbonyl (C=O) groups excluding carboxylic acids is 1. The van der Waals surface area contributed by atoms with Crippen LogP contribution in [-0.2, 0) is 32.9 Å². The molecule has 0 spiro atoms. The third-order valence-corrected chi connectivity index (χ3v) is 9.98.